The molecule has 118 valence electrons. The number of esters is 1. The van der Waals surface area contributed by atoms with Gasteiger partial charge in [0.25, 0.3) is 0 Å². The Hall–Kier alpha value is -1.47. The average molecular weight is 313 g/mol. The summed E-state index contributed by atoms with van der Waals surface area (Å²) in [7, 11) is 4.87. The normalized spacial score (nSPS) is 10.7. The summed E-state index contributed by atoms with van der Waals surface area (Å²) < 4.78 is 4.64. The van der Waals surface area contributed by atoms with Crippen molar-refractivity contribution in [2.75, 3.05) is 34.3 Å². The Morgan fingerprint density at radius 2 is 2.10 bits per heavy atom. The minimum Gasteiger partial charge on any atom is -0.469 e. The number of hydrogen-bond acceptors (Lipinski definition) is 6. The van der Waals surface area contributed by atoms with Crippen LogP contribution in [-0.2, 0) is 27.3 Å². The van der Waals surface area contributed by atoms with Crippen molar-refractivity contribution in [2.45, 2.75) is 26.3 Å². The van der Waals surface area contributed by atoms with Gasteiger partial charge in [0.15, 0.2) is 0 Å². The molecule has 0 N–H and O–H groups in total. The molecule has 7 heteroatoms. The van der Waals surface area contributed by atoms with E-state index in [1.54, 1.807) is 19.0 Å². The molecule has 0 unspecified atom stereocenters. The van der Waals surface area contributed by atoms with Crippen molar-refractivity contribution in [2.24, 2.45) is 0 Å². The van der Waals surface area contributed by atoms with Crippen LogP contribution in [0.4, 0.5) is 0 Å². The summed E-state index contributed by atoms with van der Waals surface area (Å²) in [6, 6.07) is 0. The van der Waals surface area contributed by atoms with Crippen LogP contribution in [0, 0.1) is 0 Å². The number of hydrogen-bond donors (Lipinski definition) is 0. The van der Waals surface area contributed by atoms with Crippen LogP contribution >= 0.6 is 11.3 Å². The Labute approximate surface area is 129 Å². The van der Waals surface area contributed by atoms with E-state index in [0.29, 0.717) is 25.9 Å². The number of thiazole rings is 1. The topological polar surface area (TPSA) is 62.7 Å². The van der Waals surface area contributed by atoms with Gasteiger partial charge in [-0.25, -0.2) is 4.98 Å². The Bertz CT molecular complexity index is 474. The van der Waals surface area contributed by atoms with Gasteiger partial charge >= 0.3 is 5.97 Å². The van der Waals surface area contributed by atoms with Gasteiger partial charge in [0.05, 0.1) is 25.6 Å². The maximum absolute atomic E-state index is 11.6. The Kier molecular flexibility index (Phi) is 7.31. The molecule has 0 saturated carbocycles. The summed E-state index contributed by atoms with van der Waals surface area (Å²) in [6.07, 6.45) is 0.715. The molecular formula is C14H23N3O3S. The van der Waals surface area contributed by atoms with E-state index in [-0.39, 0.29) is 11.9 Å². The van der Waals surface area contributed by atoms with Gasteiger partial charge in [-0.2, -0.15) is 0 Å². The van der Waals surface area contributed by atoms with Crippen LogP contribution in [0.15, 0.2) is 5.38 Å². The zero-order valence-corrected chi connectivity index (χ0v) is 13.9. The van der Waals surface area contributed by atoms with Crippen molar-refractivity contribution in [3.8, 4) is 0 Å². The Morgan fingerprint density at radius 1 is 1.38 bits per heavy atom. The first kappa shape index (κ1) is 17.6. The fourth-order valence-corrected chi connectivity index (χ4v) is 2.50. The smallest absolute Gasteiger partial charge is 0.306 e. The number of nitrogens with zero attached hydrogens (tertiary/aromatic N) is 3. The molecule has 0 bridgehead atoms. The summed E-state index contributed by atoms with van der Waals surface area (Å²) in [4.78, 5) is 31.0. The predicted molar refractivity (Wildman–Crippen MR) is 82.1 cm³/mol. The zero-order valence-electron chi connectivity index (χ0n) is 13.1. The highest BCUT2D eigenvalue weighted by Gasteiger charge is 2.12. The number of rotatable bonds is 8. The highest BCUT2D eigenvalue weighted by Crippen LogP contribution is 2.13. The van der Waals surface area contributed by atoms with Crippen molar-refractivity contribution < 1.29 is 14.3 Å². The lowest BCUT2D eigenvalue weighted by Crippen LogP contribution is -2.26. The number of aromatic nitrogens is 1. The molecule has 0 aliphatic heterocycles. The van der Waals surface area contributed by atoms with Crippen molar-refractivity contribution in [1.29, 1.82) is 0 Å². The molecule has 0 saturated heterocycles. The Morgan fingerprint density at radius 3 is 2.67 bits per heavy atom. The van der Waals surface area contributed by atoms with Gasteiger partial charge in [0.2, 0.25) is 5.91 Å². The molecule has 1 rings (SSSR count). The standard InChI is InChI=1S/C14H23N3O3S/c1-5-17(7-6-14(19)20-4)9-11-10-21-12(15-11)8-13(18)16(2)3/h10H,5-9H2,1-4H3. The van der Waals surface area contributed by atoms with Gasteiger partial charge in [0.1, 0.15) is 5.01 Å². The molecule has 1 aromatic rings. The van der Waals surface area contributed by atoms with E-state index in [2.05, 4.69) is 14.6 Å². The lowest BCUT2D eigenvalue weighted by atomic mass is 10.3. The first-order valence-electron chi connectivity index (χ1n) is 6.88. The molecule has 6 nitrogen and oxygen atoms in total. The van der Waals surface area contributed by atoms with Crippen LogP contribution in [0.25, 0.3) is 0 Å². The van der Waals surface area contributed by atoms with Crippen LogP contribution in [-0.4, -0.2) is 61.0 Å². The monoisotopic (exact) mass is 313 g/mol. The van der Waals surface area contributed by atoms with Crippen LogP contribution in [0.3, 0.4) is 0 Å². The van der Waals surface area contributed by atoms with E-state index < -0.39 is 0 Å². The van der Waals surface area contributed by atoms with E-state index in [4.69, 9.17) is 0 Å². The van der Waals surface area contributed by atoms with Gasteiger partial charge in [-0.1, -0.05) is 6.92 Å². The third-order valence-corrected chi connectivity index (χ3v) is 3.99. The van der Waals surface area contributed by atoms with Crippen LogP contribution in [0.2, 0.25) is 0 Å². The number of likely N-dealkylation sites (N-methyl/N-ethyl adjacent to an activating group) is 1. The second-order valence-corrected chi connectivity index (χ2v) is 5.84. The number of methoxy groups -OCH3 is 1. The zero-order chi connectivity index (χ0) is 15.8. The Balaban J connectivity index is 2.51. The molecule has 1 amide bonds. The molecule has 1 heterocycles. The van der Waals surface area contributed by atoms with Gasteiger partial charge in [-0.05, 0) is 6.54 Å². The van der Waals surface area contributed by atoms with E-state index >= 15 is 0 Å². The number of ether oxygens (including phenoxy) is 1. The third kappa shape index (κ3) is 6.22. The summed E-state index contributed by atoms with van der Waals surface area (Å²) in [5.41, 5.74) is 0.938. The maximum atomic E-state index is 11.6. The van der Waals surface area contributed by atoms with Gasteiger partial charge in [-0.3, -0.25) is 14.5 Å². The molecular weight excluding hydrogens is 290 g/mol. The molecule has 0 radical (unpaired) electrons. The highest BCUT2D eigenvalue weighted by molar-refractivity contribution is 7.09. The summed E-state index contributed by atoms with van der Waals surface area (Å²) >= 11 is 1.50. The maximum Gasteiger partial charge on any atom is 0.306 e. The third-order valence-electron chi connectivity index (χ3n) is 3.09. The minimum absolute atomic E-state index is 0.0499. The van der Waals surface area contributed by atoms with Crippen molar-refractivity contribution >= 4 is 23.2 Å². The largest absolute Gasteiger partial charge is 0.469 e. The summed E-state index contributed by atoms with van der Waals surface area (Å²) in [5, 5.41) is 2.80. The van der Waals surface area contributed by atoms with Crippen molar-refractivity contribution in [3.63, 3.8) is 0 Å². The number of amides is 1. The van der Waals surface area contributed by atoms with Crippen molar-refractivity contribution in [3.05, 3.63) is 16.1 Å². The second kappa shape index (κ2) is 8.74. The molecule has 0 atom stereocenters. The predicted octanol–water partition coefficient (Wildman–Crippen LogP) is 1.16. The number of carbonyl (C=O) groups excluding carboxylic acids is 2. The van der Waals surface area contributed by atoms with Gasteiger partial charge in [-0.15, -0.1) is 11.3 Å². The molecule has 0 fully saturated rings. The minimum atomic E-state index is -0.205. The summed E-state index contributed by atoms with van der Waals surface area (Å²) in [6.45, 7) is 4.20. The van der Waals surface area contributed by atoms with Gasteiger partial charge < -0.3 is 9.64 Å². The fraction of sp³-hybridized carbons (Fsp3) is 0.643. The SMILES string of the molecule is CCN(CCC(=O)OC)Cc1csc(CC(=O)N(C)C)n1. The lowest BCUT2D eigenvalue weighted by molar-refractivity contribution is -0.141. The average Bonchev–Trinajstić information content (AvgIpc) is 2.89. The first-order chi connectivity index (χ1) is 9.96. The highest BCUT2D eigenvalue weighted by atomic mass is 32.1. The molecule has 21 heavy (non-hydrogen) atoms. The summed E-state index contributed by atoms with van der Waals surface area (Å²) in [5.74, 6) is -0.155. The quantitative estimate of drug-likeness (QED) is 0.674. The molecule has 0 spiro atoms. The van der Waals surface area contributed by atoms with E-state index in [1.165, 1.54) is 18.4 Å². The van der Waals surface area contributed by atoms with Crippen LogP contribution < -0.4 is 0 Å². The van der Waals surface area contributed by atoms with E-state index in [0.717, 1.165) is 17.2 Å². The molecule has 0 aliphatic rings. The molecule has 0 aliphatic carbocycles. The van der Waals surface area contributed by atoms with Gasteiger partial charge in [0, 0.05) is 32.6 Å². The first-order valence-corrected chi connectivity index (χ1v) is 7.76. The molecule has 1 aromatic heterocycles. The second-order valence-electron chi connectivity index (χ2n) is 4.89. The van der Waals surface area contributed by atoms with Crippen LogP contribution in [0.1, 0.15) is 24.0 Å². The fourth-order valence-electron chi connectivity index (χ4n) is 1.72. The van der Waals surface area contributed by atoms with Crippen molar-refractivity contribution in [1.82, 2.24) is 14.8 Å². The van der Waals surface area contributed by atoms with E-state index in [9.17, 15) is 9.59 Å². The number of carbonyl (C=O) groups is 2. The van der Waals surface area contributed by atoms with Crippen LogP contribution in [0.5, 0.6) is 0 Å². The lowest BCUT2D eigenvalue weighted by Gasteiger charge is -2.18. The van der Waals surface area contributed by atoms with E-state index in [1.807, 2.05) is 12.3 Å². The molecule has 0 aromatic carbocycles.